The third-order valence-electron chi connectivity index (χ3n) is 3.38. The monoisotopic (exact) mass is 353 g/mol. The van der Waals surface area contributed by atoms with E-state index in [2.05, 4.69) is 10.6 Å². The van der Waals surface area contributed by atoms with E-state index in [1.54, 1.807) is 6.07 Å². The van der Waals surface area contributed by atoms with Crippen LogP contribution in [0.15, 0.2) is 24.3 Å². The number of rotatable bonds is 9. The summed E-state index contributed by atoms with van der Waals surface area (Å²) < 4.78 is 13.8. The lowest BCUT2D eigenvalue weighted by atomic mass is 10.0. The topological polar surface area (TPSA) is 139 Å². The number of hydrogen-bond acceptors (Lipinski definition) is 4. The molecule has 0 bridgehead atoms. The van der Waals surface area contributed by atoms with Gasteiger partial charge in [-0.3, -0.25) is 19.2 Å². The van der Waals surface area contributed by atoms with Crippen molar-refractivity contribution in [3.05, 3.63) is 35.6 Å². The molecule has 8 nitrogen and oxygen atoms in total. The molecule has 0 aliphatic carbocycles. The molecule has 0 radical (unpaired) electrons. The lowest BCUT2D eigenvalue weighted by Crippen LogP contribution is -2.53. The molecule has 25 heavy (non-hydrogen) atoms. The van der Waals surface area contributed by atoms with Crippen LogP contribution in [0.25, 0.3) is 0 Å². The molecule has 9 heteroatoms. The van der Waals surface area contributed by atoms with Crippen LogP contribution in [0.5, 0.6) is 0 Å². The van der Waals surface area contributed by atoms with Crippen molar-refractivity contribution in [2.45, 2.75) is 38.3 Å². The van der Waals surface area contributed by atoms with Crippen LogP contribution in [-0.4, -0.2) is 40.9 Å². The number of nitrogens with two attached hydrogens (primary N) is 1. The molecule has 0 aliphatic rings. The van der Waals surface area contributed by atoms with Crippen LogP contribution in [0.3, 0.4) is 0 Å². The number of carboxylic acid groups (broad SMARTS) is 1. The van der Waals surface area contributed by atoms with E-state index >= 15 is 0 Å². The number of halogens is 1. The fraction of sp³-hybridized carbons (Fsp3) is 0.375. The maximum Gasteiger partial charge on any atom is 0.303 e. The number of aliphatic carboxylic acids is 1. The number of amides is 3. The van der Waals surface area contributed by atoms with Crippen molar-refractivity contribution in [2.24, 2.45) is 5.73 Å². The van der Waals surface area contributed by atoms with E-state index in [1.807, 2.05) is 0 Å². The average molecular weight is 353 g/mol. The van der Waals surface area contributed by atoms with Gasteiger partial charge in [0.05, 0.1) is 0 Å². The second-order valence-electron chi connectivity index (χ2n) is 5.44. The van der Waals surface area contributed by atoms with Gasteiger partial charge in [0.1, 0.15) is 17.9 Å². The van der Waals surface area contributed by atoms with Crippen LogP contribution >= 0.6 is 0 Å². The first-order valence-electron chi connectivity index (χ1n) is 7.52. The van der Waals surface area contributed by atoms with Crippen molar-refractivity contribution in [1.29, 1.82) is 0 Å². The van der Waals surface area contributed by atoms with Crippen LogP contribution < -0.4 is 16.4 Å². The molecular weight excluding hydrogens is 333 g/mol. The highest BCUT2D eigenvalue weighted by Gasteiger charge is 2.26. The van der Waals surface area contributed by atoms with Gasteiger partial charge in [0.15, 0.2) is 0 Å². The SMILES string of the molecule is CC(=O)N[C@@H](Cc1ccccc1F)C(=O)N[C@@H](CCC(=O)O)C(N)=O. The summed E-state index contributed by atoms with van der Waals surface area (Å²) in [5.41, 5.74) is 5.36. The first kappa shape index (κ1) is 20.1. The number of nitrogens with one attached hydrogen (secondary N) is 2. The molecule has 136 valence electrons. The fourth-order valence-electron chi connectivity index (χ4n) is 2.16. The number of hydrogen-bond donors (Lipinski definition) is 4. The minimum Gasteiger partial charge on any atom is -0.481 e. The molecule has 0 aliphatic heterocycles. The molecule has 5 N–H and O–H groups in total. The van der Waals surface area contributed by atoms with Gasteiger partial charge in [0.2, 0.25) is 17.7 Å². The zero-order valence-electron chi connectivity index (χ0n) is 13.6. The molecule has 1 aromatic carbocycles. The summed E-state index contributed by atoms with van der Waals surface area (Å²) in [4.78, 5) is 45.6. The average Bonchev–Trinajstić information content (AvgIpc) is 2.51. The molecule has 0 unspecified atom stereocenters. The molecule has 2 atom stereocenters. The smallest absolute Gasteiger partial charge is 0.303 e. The third-order valence-corrected chi connectivity index (χ3v) is 3.38. The Hall–Kier alpha value is -2.97. The standard InChI is InChI=1S/C16H20FN3O5/c1-9(21)19-13(8-10-4-2-3-5-11(10)17)16(25)20-12(15(18)24)6-7-14(22)23/h2-5,12-13H,6-8H2,1H3,(H2,18,24)(H,19,21)(H,20,25)(H,22,23)/t12-,13-/m0/s1. The second-order valence-corrected chi connectivity index (χ2v) is 5.44. The number of primary amides is 1. The molecule has 0 aromatic heterocycles. The van der Waals surface area contributed by atoms with Crippen LogP contribution in [0.1, 0.15) is 25.3 Å². The molecule has 0 spiro atoms. The normalized spacial score (nSPS) is 12.7. The molecule has 0 saturated carbocycles. The molecule has 3 amide bonds. The highest BCUT2D eigenvalue weighted by Crippen LogP contribution is 2.10. The van der Waals surface area contributed by atoms with Gasteiger partial charge in [-0.15, -0.1) is 0 Å². The predicted octanol–water partition coefficient (Wildman–Crippen LogP) is -0.292. The Morgan fingerprint density at radius 2 is 1.80 bits per heavy atom. The van der Waals surface area contributed by atoms with Crippen molar-refractivity contribution >= 4 is 23.7 Å². The molecule has 0 fully saturated rings. The summed E-state index contributed by atoms with van der Waals surface area (Å²) in [6, 6.07) is 3.41. The Morgan fingerprint density at radius 1 is 1.16 bits per heavy atom. The molecule has 1 rings (SSSR count). The summed E-state index contributed by atoms with van der Waals surface area (Å²) >= 11 is 0. The fourth-order valence-corrected chi connectivity index (χ4v) is 2.16. The summed E-state index contributed by atoms with van der Waals surface area (Å²) in [7, 11) is 0. The zero-order valence-corrected chi connectivity index (χ0v) is 13.6. The second kappa shape index (κ2) is 9.36. The molecule has 1 aromatic rings. The molecule has 0 heterocycles. The number of carbonyl (C=O) groups excluding carboxylic acids is 3. The van der Waals surface area contributed by atoms with Gasteiger partial charge in [0, 0.05) is 19.8 Å². The highest BCUT2D eigenvalue weighted by atomic mass is 19.1. The summed E-state index contributed by atoms with van der Waals surface area (Å²) in [5.74, 6) is -3.86. The maximum absolute atomic E-state index is 13.8. The van der Waals surface area contributed by atoms with Gasteiger partial charge in [-0.2, -0.15) is 0 Å². The minimum absolute atomic E-state index is 0.136. The van der Waals surface area contributed by atoms with Gasteiger partial charge in [-0.25, -0.2) is 4.39 Å². The van der Waals surface area contributed by atoms with Gasteiger partial charge >= 0.3 is 5.97 Å². The van der Waals surface area contributed by atoms with Crippen LogP contribution in [0.4, 0.5) is 4.39 Å². The van der Waals surface area contributed by atoms with E-state index in [0.29, 0.717) is 0 Å². The van der Waals surface area contributed by atoms with Crippen molar-refractivity contribution in [2.75, 3.05) is 0 Å². The van der Waals surface area contributed by atoms with Crippen molar-refractivity contribution in [3.8, 4) is 0 Å². The first-order valence-corrected chi connectivity index (χ1v) is 7.52. The Labute approximate surface area is 143 Å². The summed E-state index contributed by atoms with van der Waals surface area (Å²) in [5, 5.41) is 13.3. The Bertz CT molecular complexity index is 665. The van der Waals surface area contributed by atoms with E-state index in [4.69, 9.17) is 10.8 Å². The van der Waals surface area contributed by atoms with Crippen molar-refractivity contribution in [3.63, 3.8) is 0 Å². The lowest BCUT2D eigenvalue weighted by molar-refractivity contribution is -0.137. The van der Waals surface area contributed by atoms with Gasteiger partial charge in [-0.1, -0.05) is 18.2 Å². The lowest BCUT2D eigenvalue weighted by Gasteiger charge is -2.21. The molecule has 0 saturated heterocycles. The Morgan fingerprint density at radius 3 is 2.32 bits per heavy atom. The quantitative estimate of drug-likeness (QED) is 0.483. The Balaban J connectivity index is 2.87. The van der Waals surface area contributed by atoms with E-state index in [-0.39, 0.29) is 24.8 Å². The third kappa shape index (κ3) is 6.98. The van der Waals surface area contributed by atoms with Crippen molar-refractivity contribution in [1.82, 2.24) is 10.6 Å². The van der Waals surface area contributed by atoms with Crippen LogP contribution in [-0.2, 0) is 25.6 Å². The minimum atomic E-state index is -1.21. The van der Waals surface area contributed by atoms with Gasteiger partial charge in [-0.05, 0) is 18.1 Å². The predicted molar refractivity (Wildman–Crippen MR) is 85.7 cm³/mol. The van der Waals surface area contributed by atoms with E-state index in [0.717, 1.165) is 0 Å². The Kier molecular flexibility index (Phi) is 7.51. The maximum atomic E-state index is 13.8. The summed E-state index contributed by atoms with van der Waals surface area (Å²) in [6.07, 6.45) is -0.697. The van der Waals surface area contributed by atoms with Crippen LogP contribution in [0.2, 0.25) is 0 Å². The van der Waals surface area contributed by atoms with E-state index in [1.165, 1.54) is 25.1 Å². The first-order chi connectivity index (χ1) is 11.7. The molecular formula is C16H20FN3O5. The van der Waals surface area contributed by atoms with E-state index in [9.17, 15) is 23.6 Å². The summed E-state index contributed by atoms with van der Waals surface area (Å²) in [6.45, 7) is 1.19. The van der Waals surface area contributed by atoms with E-state index < -0.39 is 41.6 Å². The van der Waals surface area contributed by atoms with Gasteiger partial charge in [0.25, 0.3) is 0 Å². The van der Waals surface area contributed by atoms with Crippen LogP contribution in [0, 0.1) is 5.82 Å². The highest BCUT2D eigenvalue weighted by molar-refractivity contribution is 5.91. The van der Waals surface area contributed by atoms with Gasteiger partial charge < -0.3 is 21.5 Å². The van der Waals surface area contributed by atoms with Crippen molar-refractivity contribution < 1.29 is 28.7 Å². The number of carboxylic acids is 1. The largest absolute Gasteiger partial charge is 0.481 e. The number of benzene rings is 1. The zero-order chi connectivity index (χ0) is 19.0. The number of carbonyl (C=O) groups is 4.